The molecule has 0 aliphatic rings. The van der Waals surface area contributed by atoms with Gasteiger partial charge in [0.15, 0.2) is 0 Å². The standard InChI is InChI=1S/CH4.K.3H3O4P/c;;3*1-5(2,3)4/h1H4;;3*(H3,1,2,3,4)/q;+1;;;/p-9. The Morgan fingerprint density at radius 2 is 0.471 bits per heavy atom. The summed E-state index contributed by atoms with van der Waals surface area (Å²) in [6, 6.07) is 0. The monoisotopic (exact) mass is 340 g/mol. The van der Waals surface area contributed by atoms with E-state index in [1.54, 1.807) is 0 Å². The summed E-state index contributed by atoms with van der Waals surface area (Å²) in [7, 11) is -16.2. The molecule has 0 N–H and O–H groups in total. The topological polar surface area (TPSA) is 259 Å². The quantitative estimate of drug-likeness (QED) is 0.294. The summed E-state index contributed by atoms with van der Waals surface area (Å²) in [6.45, 7) is 0. The smallest absolute Gasteiger partial charge is 0.822 e. The SMILES string of the molecule is C.O=P([O-])([O-])[O-].O=P([O-])([O-])[O-].O=P([O-])([O-])[O-].[K+]. The maximum absolute atomic E-state index is 8.55. The van der Waals surface area contributed by atoms with Crippen LogP contribution in [0.3, 0.4) is 0 Å². The molecule has 0 aromatic heterocycles. The molecule has 0 aliphatic heterocycles. The van der Waals surface area contributed by atoms with Gasteiger partial charge in [0, 0.05) is 0 Å². The Hall–Kier alpha value is 1.97. The zero-order valence-electron chi connectivity index (χ0n) is 7.24. The van der Waals surface area contributed by atoms with Gasteiger partial charge in [0.2, 0.25) is 0 Å². The second-order valence-corrected chi connectivity index (χ2v) is 4.02. The minimum atomic E-state index is -5.39. The van der Waals surface area contributed by atoms with E-state index in [1.807, 2.05) is 0 Å². The molecule has 0 spiro atoms. The van der Waals surface area contributed by atoms with Crippen molar-refractivity contribution in [2.45, 2.75) is 7.43 Å². The van der Waals surface area contributed by atoms with Crippen LogP contribution in [0, 0.1) is 0 Å². The second kappa shape index (κ2) is 13.0. The van der Waals surface area contributed by atoms with Crippen LogP contribution in [0.15, 0.2) is 0 Å². The molecule has 0 fully saturated rings. The molecule has 0 amide bonds. The Balaban J connectivity index is -0.0000000400. The molecule has 17 heavy (non-hydrogen) atoms. The van der Waals surface area contributed by atoms with E-state index in [2.05, 4.69) is 0 Å². The first-order valence-electron chi connectivity index (χ1n) is 2.19. The van der Waals surface area contributed by atoms with Crippen molar-refractivity contribution in [3.8, 4) is 0 Å². The molecule has 0 bridgehead atoms. The van der Waals surface area contributed by atoms with E-state index in [0.717, 1.165) is 0 Å². The first-order chi connectivity index (χ1) is 6.00. The minimum Gasteiger partial charge on any atom is -0.822 e. The average molecular weight is 340 g/mol. The number of rotatable bonds is 0. The van der Waals surface area contributed by atoms with Gasteiger partial charge >= 0.3 is 51.4 Å². The maximum Gasteiger partial charge on any atom is 1.00 e. The van der Waals surface area contributed by atoms with Crippen LogP contribution in [0.5, 0.6) is 0 Å². The summed E-state index contributed by atoms with van der Waals surface area (Å²) in [5.74, 6) is 0. The van der Waals surface area contributed by atoms with Crippen LogP contribution in [0.25, 0.3) is 0 Å². The molecule has 12 nitrogen and oxygen atoms in total. The molecule has 104 valence electrons. The summed E-state index contributed by atoms with van der Waals surface area (Å²) in [5.41, 5.74) is 0. The molecule has 0 aromatic carbocycles. The largest absolute Gasteiger partial charge is 1.00 e. The van der Waals surface area contributed by atoms with Crippen molar-refractivity contribution in [2.75, 3.05) is 0 Å². The summed E-state index contributed by atoms with van der Waals surface area (Å²) in [5, 5.41) is 0. The minimum absolute atomic E-state index is 0. The predicted octanol–water partition coefficient (Wildman–Crippen LogP) is -10.8. The molecule has 0 unspecified atom stereocenters. The second-order valence-electron chi connectivity index (χ2n) is 1.34. The van der Waals surface area contributed by atoms with Crippen molar-refractivity contribution in [3.05, 3.63) is 0 Å². The molecule has 0 rings (SSSR count). The van der Waals surface area contributed by atoms with E-state index >= 15 is 0 Å². The van der Waals surface area contributed by atoms with Gasteiger partial charge in [-0.3, -0.25) is 0 Å². The molecular formula is CH4KO12P3-8. The molecule has 0 saturated carbocycles. The molecule has 0 aliphatic carbocycles. The fourth-order valence-corrected chi connectivity index (χ4v) is 0. The van der Waals surface area contributed by atoms with Crippen LogP contribution >= 0.6 is 23.5 Å². The van der Waals surface area contributed by atoms with Gasteiger partial charge in [-0.25, -0.2) is 0 Å². The molecule has 0 radical (unpaired) electrons. The average Bonchev–Trinajstić information content (AvgIpc) is 1.41. The van der Waals surface area contributed by atoms with E-state index in [4.69, 9.17) is 57.7 Å². The third-order valence-electron chi connectivity index (χ3n) is 0. The number of hydrogen-bond donors (Lipinski definition) is 0. The van der Waals surface area contributed by atoms with E-state index in [0.29, 0.717) is 0 Å². The van der Waals surface area contributed by atoms with Crippen molar-refractivity contribution in [1.82, 2.24) is 0 Å². The molecule has 0 saturated heterocycles. The maximum atomic E-state index is 8.55. The van der Waals surface area contributed by atoms with Gasteiger partial charge in [0.25, 0.3) is 0 Å². The van der Waals surface area contributed by atoms with Crippen molar-refractivity contribution in [3.63, 3.8) is 0 Å². The Labute approximate surface area is 138 Å². The fourth-order valence-electron chi connectivity index (χ4n) is 0. The van der Waals surface area contributed by atoms with Crippen LogP contribution in [0.1, 0.15) is 7.43 Å². The number of hydrogen-bond acceptors (Lipinski definition) is 12. The Bertz CT molecular complexity index is 208. The van der Waals surface area contributed by atoms with Gasteiger partial charge in [-0.1, -0.05) is 7.43 Å². The molecule has 0 aromatic rings. The predicted molar refractivity (Wildman–Crippen MR) is 29.6 cm³/mol. The summed E-state index contributed by atoms with van der Waals surface area (Å²) in [6.07, 6.45) is 0. The van der Waals surface area contributed by atoms with Gasteiger partial charge in [-0.15, -0.1) is 0 Å². The zero-order valence-corrected chi connectivity index (χ0v) is 13.0. The third kappa shape index (κ3) is 1180. The van der Waals surface area contributed by atoms with Crippen LogP contribution in [-0.4, -0.2) is 0 Å². The van der Waals surface area contributed by atoms with Crippen molar-refractivity contribution < 1.29 is 109 Å². The Kier molecular flexibility index (Phi) is 24.0. The molecule has 0 heterocycles. The van der Waals surface area contributed by atoms with Crippen molar-refractivity contribution >= 4 is 23.5 Å². The number of phosphoric acid groups is 3. The van der Waals surface area contributed by atoms with Gasteiger partial charge in [0.05, 0.1) is 0 Å². The van der Waals surface area contributed by atoms with E-state index < -0.39 is 23.5 Å². The van der Waals surface area contributed by atoms with Crippen LogP contribution in [0.4, 0.5) is 0 Å². The molecule has 0 atom stereocenters. The van der Waals surface area contributed by atoms with E-state index in [1.165, 1.54) is 0 Å². The van der Waals surface area contributed by atoms with Gasteiger partial charge in [0.1, 0.15) is 0 Å². The van der Waals surface area contributed by atoms with Gasteiger partial charge < -0.3 is 57.7 Å². The van der Waals surface area contributed by atoms with Crippen LogP contribution in [-0.2, 0) is 13.7 Å². The van der Waals surface area contributed by atoms with Crippen molar-refractivity contribution in [1.29, 1.82) is 0 Å². The van der Waals surface area contributed by atoms with Gasteiger partial charge in [-0.2, -0.15) is 23.5 Å². The zero-order chi connectivity index (χ0) is 13.5. The van der Waals surface area contributed by atoms with E-state index in [9.17, 15) is 0 Å². The molecule has 16 heteroatoms. The first kappa shape index (κ1) is 31.4. The normalized spacial score (nSPS) is 10.4. The fraction of sp³-hybridized carbons (Fsp3) is 1.00. The Morgan fingerprint density at radius 1 is 0.471 bits per heavy atom. The van der Waals surface area contributed by atoms with Gasteiger partial charge in [-0.05, 0) is 0 Å². The summed E-state index contributed by atoms with van der Waals surface area (Å²) >= 11 is 0. The summed E-state index contributed by atoms with van der Waals surface area (Å²) in [4.78, 5) is 76.9. The first-order valence-corrected chi connectivity index (χ1v) is 6.57. The molecular weight excluding hydrogens is 336 g/mol. The van der Waals surface area contributed by atoms with Crippen LogP contribution < -0.4 is 95.4 Å². The Morgan fingerprint density at radius 3 is 0.471 bits per heavy atom. The third-order valence-corrected chi connectivity index (χ3v) is 0. The van der Waals surface area contributed by atoms with Crippen LogP contribution in [0.2, 0.25) is 0 Å². The van der Waals surface area contributed by atoms with E-state index in [-0.39, 0.29) is 58.8 Å². The van der Waals surface area contributed by atoms with Crippen molar-refractivity contribution in [2.24, 2.45) is 0 Å². The summed E-state index contributed by atoms with van der Waals surface area (Å²) < 4.78 is 25.6.